The SMILES string of the molecule is CCN(CC)Cc1ccccc1CNC(=O)c1cccc(N)c1.Cl.Cl. The molecule has 2 aromatic carbocycles. The minimum Gasteiger partial charge on any atom is -0.399 e. The van der Waals surface area contributed by atoms with Crippen molar-refractivity contribution in [2.75, 3.05) is 18.8 Å². The maximum Gasteiger partial charge on any atom is 0.251 e. The van der Waals surface area contributed by atoms with E-state index in [9.17, 15) is 4.79 Å². The van der Waals surface area contributed by atoms with Crippen molar-refractivity contribution in [1.82, 2.24) is 10.2 Å². The summed E-state index contributed by atoms with van der Waals surface area (Å²) in [7, 11) is 0. The molecule has 0 unspecified atom stereocenters. The third kappa shape index (κ3) is 6.94. The summed E-state index contributed by atoms with van der Waals surface area (Å²) in [6, 6.07) is 15.3. The highest BCUT2D eigenvalue weighted by Crippen LogP contribution is 2.12. The summed E-state index contributed by atoms with van der Waals surface area (Å²) in [6.07, 6.45) is 0. The summed E-state index contributed by atoms with van der Waals surface area (Å²) >= 11 is 0. The zero-order valence-corrected chi connectivity index (χ0v) is 16.3. The largest absolute Gasteiger partial charge is 0.399 e. The second-order valence-corrected chi connectivity index (χ2v) is 5.54. The second kappa shape index (κ2) is 11.7. The first kappa shape index (κ1) is 23.2. The highest BCUT2D eigenvalue weighted by atomic mass is 35.5. The molecule has 0 aliphatic carbocycles. The number of benzene rings is 2. The molecule has 0 heterocycles. The van der Waals surface area contributed by atoms with Gasteiger partial charge in [0.1, 0.15) is 0 Å². The van der Waals surface area contributed by atoms with Crippen LogP contribution < -0.4 is 11.1 Å². The molecule has 2 rings (SSSR count). The third-order valence-corrected chi connectivity index (χ3v) is 3.99. The van der Waals surface area contributed by atoms with Crippen LogP contribution in [0.15, 0.2) is 48.5 Å². The van der Waals surface area contributed by atoms with Gasteiger partial charge >= 0.3 is 0 Å². The number of nitrogen functional groups attached to an aromatic ring is 1. The Morgan fingerprint density at radius 1 is 1.00 bits per heavy atom. The van der Waals surface area contributed by atoms with Crippen molar-refractivity contribution in [2.24, 2.45) is 0 Å². The molecule has 4 nitrogen and oxygen atoms in total. The van der Waals surface area contributed by atoms with Crippen molar-refractivity contribution in [3.63, 3.8) is 0 Å². The van der Waals surface area contributed by atoms with Gasteiger partial charge in [-0.3, -0.25) is 9.69 Å². The number of amides is 1. The lowest BCUT2D eigenvalue weighted by Crippen LogP contribution is -2.26. The lowest BCUT2D eigenvalue weighted by atomic mass is 10.1. The Kier molecular flexibility index (Phi) is 10.9. The van der Waals surface area contributed by atoms with Crippen LogP contribution in [-0.4, -0.2) is 23.9 Å². The summed E-state index contributed by atoms with van der Waals surface area (Å²) in [4.78, 5) is 14.6. The van der Waals surface area contributed by atoms with Crippen molar-refractivity contribution in [3.05, 3.63) is 65.2 Å². The molecule has 25 heavy (non-hydrogen) atoms. The van der Waals surface area contributed by atoms with Crippen molar-refractivity contribution >= 4 is 36.4 Å². The van der Waals surface area contributed by atoms with E-state index in [1.54, 1.807) is 24.3 Å². The van der Waals surface area contributed by atoms with Crippen molar-refractivity contribution < 1.29 is 4.79 Å². The number of carbonyl (C=O) groups is 1. The number of nitrogens with zero attached hydrogens (tertiary/aromatic N) is 1. The van der Waals surface area contributed by atoms with Gasteiger partial charge in [-0.1, -0.05) is 44.2 Å². The predicted octanol–water partition coefficient (Wildman–Crippen LogP) is 3.88. The van der Waals surface area contributed by atoms with Gasteiger partial charge in [0, 0.05) is 24.3 Å². The molecule has 2 aromatic rings. The average Bonchev–Trinajstić information content (AvgIpc) is 2.58. The van der Waals surface area contributed by atoms with E-state index in [1.165, 1.54) is 5.56 Å². The summed E-state index contributed by atoms with van der Waals surface area (Å²) in [5, 5.41) is 2.98. The molecule has 0 bridgehead atoms. The third-order valence-electron chi connectivity index (χ3n) is 3.99. The maximum absolute atomic E-state index is 12.2. The minimum absolute atomic E-state index is 0. The summed E-state index contributed by atoms with van der Waals surface area (Å²) < 4.78 is 0. The molecule has 0 fully saturated rings. The molecular formula is C19H27Cl2N3O. The fraction of sp³-hybridized carbons (Fsp3) is 0.316. The van der Waals surface area contributed by atoms with E-state index >= 15 is 0 Å². The van der Waals surface area contributed by atoms with E-state index in [1.807, 2.05) is 12.1 Å². The van der Waals surface area contributed by atoms with Crippen LogP contribution in [0.2, 0.25) is 0 Å². The molecule has 0 saturated heterocycles. The van der Waals surface area contributed by atoms with Crippen LogP contribution in [0.5, 0.6) is 0 Å². The maximum atomic E-state index is 12.2. The summed E-state index contributed by atoms with van der Waals surface area (Å²) in [5.41, 5.74) is 9.32. The first-order valence-corrected chi connectivity index (χ1v) is 8.07. The van der Waals surface area contributed by atoms with E-state index in [4.69, 9.17) is 5.73 Å². The molecule has 0 aliphatic rings. The van der Waals surface area contributed by atoms with Crippen LogP contribution >= 0.6 is 24.8 Å². The van der Waals surface area contributed by atoms with Crippen molar-refractivity contribution in [3.8, 4) is 0 Å². The van der Waals surface area contributed by atoms with Crippen LogP contribution in [0.3, 0.4) is 0 Å². The number of rotatable bonds is 7. The lowest BCUT2D eigenvalue weighted by molar-refractivity contribution is 0.0951. The Hall–Kier alpha value is -1.75. The van der Waals surface area contributed by atoms with Gasteiger partial charge < -0.3 is 11.1 Å². The van der Waals surface area contributed by atoms with E-state index < -0.39 is 0 Å². The molecule has 0 radical (unpaired) electrons. The molecule has 0 atom stereocenters. The Morgan fingerprint density at radius 2 is 1.64 bits per heavy atom. The molecule has 6 heteroatoms. The van der Waals surface area contributed by atoms with E-state index in [0.717, 1.165) is 25.2 Å². The molecule has 0 spiro atoms. The van der Waals surface area contributed by atoms with Gasteiger partial charge in [0.15, 0.2) is 0 Å². The molecule has 138 valence electrons. The molecular weight excluding hydrogens is 357 g/mol. The van der Waals surface area contributed by atoms with Crippen LogP contribution in [0.25, 0.3) is 0 Å². The standard InChI is InChI=1S/C19H25N3O.2ClH/c1-3-22(4-2)14-17-9-6-5-8-16(17)13-21-19(23)15-10-7-11-18(20)12-15;;/h5-12H,3-4,13-14,20H2,1-2H3,(H,21,23);2*1H. The Balaban J connectivity index is 0.00000288. The quantitative estimate of drug-likeness (QED) is 0.713. The first-order valence-electron chi connectivity index (χ1n) is 8.07. The Bertz CT molecular complexity index is 661. The Labute approximate surface area is 162 Å². The topological polar surface area (TPSA) is 58.4 Å². The predicted molar refractivity (Wildman–Crippen MR) is 110 cm³/mol. The number of hydrogen-bond acceptors (Lipinski definition) is 3. The summed E-state index contributed by atoms with van der Waals surface area (Å²) in [5.74, 6) is -0.102. The average molecular weight is 384 g/mol. The van der Waals surface area contributed by atoms with Gasteiger partial charge in [0.05, 0.1) is 0 Å². The smallest absolute Gasteiger partial charge is 0.251 e. The second-order valence-electron chi connectivity index (χ2n) is 5.54. The highest BCUT2D eigenvalue weighted by molar-refractivity contribution is 5.94. The summed E-state index contributed by atoms with van der Waals surface area (Å²) in [6.45, 7) is 7.77. The minimum atomic E-state index is -0.102. The number of hydrogen-bond donors (Lipinski definition) is 2. The van der Waals surface area contributed by atoms with E-state index in [2.05, 4.69) is 36.2 Å². The number of carbonyl (C=O) groups excluding carboxylic acids is 1. The number of nitrogens with two attached hydrogens (primary N) is 1. The zero-order valence-electron chi connectivity index (χ0n) is 14.7. The molecule has 0 saturated carbocycles. The van der Waals surface area contributed by atoms with Crippen LogP contribution in [-0.2, 0) is 13.1 Å². The van der Waals surface area contributed by atoms with Gasteiger partial charge in [-0.2, -0.15) is 0 Å². The number of nitrogens with one attached hydrogen (secondary N) is 1. The van der Waals surface area contributed by atoms with E-state index in [-0.39, 0.29) is 30.7 Å². The Morgan fingerprint density at radius 3 is 2.24 bits per heavy atom. The molecule has 0 aromatic heterocycles. The van der Waals surface area contributed by atoms with Crippen molar-refractivity contribution in [2.45, 2.75) is 26.9 Å². The number of anilines is 1. The van der Waals surface area contributed by atoms with Crippen molar-refractivity contribution in [1.29, 1.82) is 0 Å². The fourth-order valence-electron chi connectivity index (χ4n) is 2.53. The molecule has 1 amide bonds. The van der Waals surface area contributed by atoms with Crippen LogP contribution in [0.1, 0.15) is 35.3 Å². The zero-order chi connectivity index (χ0) is 16.7. The fourth-order valence-corrected chi connectivity index (χ4v) is 2.53. The first-order chi connectivity index (χ1) is 11.1. The monoisotopic (exact) mass is 383 g/mol. The lowest BCUT2D eigenvalue weighted by Gasteiger charge is -2.20. The normalized spacial score (nSPS) is 9.88. The molecule has 3 N–H and O–H groups in total. The number of halogens is 2. The van der Waals surface area contributed by atoms with Crippen LogP contribution in [0, 0.1) is 0 Å². The van der Waals surface area contributed by atoms with Crippen LogP contribution in [0.4, 0.5) is 5.69 Å². The molecule has 0 aliphatic heterocycles. The van der Waals surface area contributed by atoms with Gasteiger partial charge in [0.2, 0.25) is 0 Å². The highest BCUT2D eigenvalue weighted by Gasteiger charge is 2.09. The van der Waals surface area contributed by atoms with Gasteiger partial charge in [-0.15, -0.1) is 24.8 Å². The van der Waals surface area contributed by atoms with Gasteiger partial charge in [-0.25, -0.2) is 0 Å². The van der Waals surface area contributed by atoms with Gasteiger partial charge in [0.25, 0.3) is 5.91 Å². The van der Waals surface area contributed by atoms with E-state index in [0.29, 0.717) is 17.8 Å². The van der Waals surface area contributed by atoms with Gasteiger partial charge in [-0.05, 0) is 42.4 Å².